The number of oxime groups is 1. The fourth-order valence-corrected chi connectivity index (χ4v) is 4.57. The molecule has 10 heteroatoms. The van der Waals surface area contributed by atoms with Crippen molar-refractivity contribution in [3.05, 3.63) is 98.3 Å². The Bertz CT molecular complexity index is 1280. The second kappa shape index (κ2) is 8.92. The summed E-state index contributed by atoms with van der Waals surface area (Å²) in [6, 6.07) is 12.0. The number of pyridine rings is 1. The zero-order valence-electron chi connectivity index (χ0n) is 17.8. The molecule has 1 aliphatic rings. The van der Waals surface area contributed by atoms with Crippen molar-refractivity contribution in [1.82, 2.24) is 4.98 Å². The molecule has 176 valence electrons. The van der Waals surface area contributed by atoms with Crippen LogP contribution in [0.2, 0.25) is 10.0 Å². The van der Waals surface area contributed by atoms with Gasteiger partial charge in [-0.1, -0.05) is 40.5 Å². The average molecular weight is 508 g/mol. The number of rotatable bonds is 5. The highest BCUT2D eigenvalue weighted by molar-refractivity contribution is 6.34. The fourth-order valence-electron chi connectivity index (χ4n) is 4.04. The maximum atomic E-state index is 14.4. The molecule has 0 bridgehead atoms. The van der Waals surface area contributed by atoms with Gasteiger partial charge in [0, 0.05) is 51.5 Å². The third kappa shape index (κ3) is 4.35. The predicted octanol–water partition coefficient (Wildman–Crippen LogP) is 5.97. The van der Waals surface area contributed by atoms with Gasteiger partial charge in [0.05, 0.1) is 5.71 Å². The first kappa shape index (κ1) is 24.0. The molecule has 1 unspecified atom stereocenters. The maximum absolute atomic E-state index is 14.4. The van der Waals surface area contributed by atoms with Crippen LogP contribution in [0.4, 0.5) is 13.2 Å². The summed E-state index contributed by atoms with van der Waals surface area (Å²) in [5.74, 6) is -0.644. The van der Waals surface area contributed by atoms with Crippen LogP contribution < -0.4 is 5.73 Å². The van der Waals surface area contributed by atoms with Gasteiger partial charge in [-0.05, 0) is 54.4 Å². The van der Waals surface area contributed by atoms with Crippen molar-refractivity contribution in [2.75, 3.05) is 0 Å². The maximum Gasteiger partial charge on any atom is 0.435 e. The summed E-state index contributed by atoms with van der Waals surface area (Å²) >= 11 is 12.0. The minimum Gasteiger partial charge on any atom is -0.374 e. The molecule has 34 heavy (non-hydrogen) atoms. The molecule has 3 aromatic rings. The van der Waals surface area contributed by atoms with Crippen molar-refractivity contribution in [2.45, 2.75) is 31.5 Å². The van der Waals surface area contributed by atoms with Crippen molar-refractivity contribution in [1.29, 1.82) is 0 Å². The Labute approximate surface area is 203 Å². The number of aromatic nitrogens is 1. The minimum atomic E-state index is -4.82. The van der Waals surface area contributed by atoms with E-state index < -0.39 is 24.1 Å². The lowest BCUT2D eigenvalue weighted by Gasteiger charge is -2.29. The van der Waals surface area contributed by atoms with Gasteiger partial charge in [-0.3, -0.25) is 9.78 Å². The van der Waals surface area contributed by atoms with E-state index in [1.807, 2.05) is 0 Å². The first-order chi connectivity index (χ1) is 16.0. The zero-order chi connectivity index (χ0) is 24.7. The second-order valence-electron chi connectivity index (χ2n) is 7.92. The molecule has 2 aromatic carbocycles. The number of nitrogens with two attached hydrogens (primary N) is 1. The van der Waals surface area contributed by atoms with E-state index in [2.05, 4.69) is 10.1 Å². The highest BCUT2D eigenvalue weighted by Crippen LogP contribution is 2.50. The van der Waals surface area contributed by atoms with Crippen molar-refractivity contribution >= 4 is 34.8 Å². The molecule has 1 atom stereocenters. The first-order valence-electron chi connectivity index (χ1n) is 10.1. The Kier molecular flexibility index (Phi) is 6.31. The van der Waals surface area contributed by atoms with Gasteiger partial charge in [0.25, 0.3) is 5.60 Å². The molecular weight excluding hydrogens is 490 g/mol. The van der Waals surface area contributed by atoms with Crippen LogP contribution in [0.1, 0.15) is 44.7 Å². The zero-order valence-corrected chi connectivity index (χ0v) is 19.3. The van der Waals surface area contributed by atoms with Gasteiger partial charge in [0.2, 0.25) is 5.91 Å². The molecule has 1 aliphatic heterocycles. The first-order valence-corrected chi connectivity index (χ1v) is 10.9. The molecule has 0 radical (unpaired) electrons. The van der Waals surface area contributed by atoms with Crippen LogP contribution in [0.3, 0.4) is 0 Å². The molecule has 1 amide bonds. The normalized spacial score (nSPS) is 17.9. The largest absolute Gasteiger partial charge is 0.435 e. The van der Waals surface area contributed by atoms with E-state index in [-0.39, 0.29) is 33.3 Å². The Balaban J connectivity index is 1.82. The number of hydrogen-bond acceptors (Lipinski definition) is 4. The SMILES string of the molecule is Cc1c(C(N)=O)ccc(C2=NOC(c3cc(Cl)cc(Cl)c3)(C(F)(F)F)C2)c1Cc1ccccn1. The smallest absolute Gasteiger partial charge is 0.374 e. The van der Waals surface area contributed by atoms with Crippen LogP contribution in [0, 0.1) is 6.92 Å². The van der Waals surface area contributed by atoms with Crippen LogP contribution in [0.25, 0.3) is 0 Å². The molecular formula is C24H18Cl2F3N3O2. The molecule has 0 aliphatic carbocycles. The third-order valence-electron chi connectivity index (χ3n) is 5.77. The van der Waals surface area contributed by atoms with Gasteiger partial charge in [-0.15, -0.1) is 0 Å². The van der Waals surface area contributed by atoms with Crippen molar-refractivity contribution in [3.63, 3.8) is 0 Å². The predicted molar refractivity (Wildman–Crippen MR) is 123 cm³/mol. The van der Waals surface area contributed by atoms with Crippen molar-refractivity contribution in [3.8, 4) is 0 Å². The lowest BCUT2D eigenvalue weighted by molar-refractivity contribution is -0.275. The Hall–Kier alpha value is -3.10. The topological polar surface area (TPSA) is 77.6 Å². The molecule has 0 fully saturated rings. The molecule has 5 nitrogen and oxygen atoms in total. The number of primary amides is 1. The molecule has 2 N–H and O–H groups in total. The van der Waals surface area contributed by atoms with E-state index in [0.717, 1.165) is 12.1 Å². The number of benzene rings is 2. The summed E-state index contributed by atoms with van der Waals surface area (Å²) in [6.45, 7) is 1.69. The van der Waals surface area contributed by atoms with Crippen LogP contribution in [-0.2, 0) is 16.9 Å². The summed E-state index contributed by atoms with van der Waals surface area (Å²) in [7, 11) is 0. The minimum absolute atomic E-state index is 0.0423. The highest BCUT2D eigenvalue weighted by atomic mass is 35.5. The number of carbonyl (C=O) groups is 1. The molecule has 0 saturated carbocycles. The number of halogens is 5. The van der Waals surface area contributed by atoms with Crippen molar-refractivity contribution < 1.29 is 22.8 Å². The molecule has 1 aromatic heterocycles. The fraction of sp³-hybridized carbons (Fsp3) is 0.208. The van der Waals surface area contributed by atoms with Crippen molar-refractivity contribution in [2.24, 2.45) is 10.9 Å². The van der Waals surface area contributed by atoms with E-state index in [9.17, 15) is 18.0 Å². The van der Waals surface area contributed by atoms with E-state index in [4.69, 9.17) is 33.8 Å². The quantitative estimate of drug-likeness (QED) is 0.462. The lowest BCUT2D eigenvalue weighted by atomic mass is 9.83. The summed E-state index contributed by atoms with van der Waals surface area (Å²) in [5.41, 5.74) is 5.00. The Morgan fingerprint density at radius 1 is 1.15 bits per heavy atom. The number of alkyl halides is 3. The standard InChI is InChI=1S/C24H18Cl2F3N3O2/c1-13-18(22(30)33)5-6-19(20(13)11-17-4-2-3-7-31-17)21-12-23(34-32-21,24(27,28)29)14-8-15(25)10-16(26)9-14/h2-10H,11-12H2,1H3,(H2,30,33). The van der Waals surface area contributed by atoms with Crippen LogP contribution in [0.5, 0.6) is 0 Å². The van der Waals surface area contributed by atoms with Gasteiger partial charge in [-0.25, -0.2) is 0 Å². The van der Waals surface area contributed by atoms with E-state index >= 15 is 0 Å². The van der Waals surface area contributed by atoms with Crippen LogP contribution in [0.15, 0.2) is 59.9 Å². The van der Waals surface area contributed by atoms with E-state index in [1.54, 1.807) is 31.3 Å². The van der Waals surface area contributed by atoms with Gasteiger partial charge in [0.1, 0.15) is 0 Å². The van der Waals surface area contributed by atoms with Crippen LogP contribution >= 0.6 is 23.2 Å². The molecule has 0 spiro atoms. The number of nitrogens with zero attached hydrogens (tertiary/aromatic N) is 2. The summed E-state index contributed by atoms with van der Waals surface area (Å²) < 4.78 is 43.2. The van der Waals surface area contributed by atoms with Gasteiger partial charge >= 0.3 is 6.18 Å². The highest BCUT2D eigenvalue weighted by Gasteiger charge is 2.62. The summed E-state index contributed by atoms with van der Waals surface area (Å²) in [6.07, 6.45) is -3.58. The number of amides is 1. The summed E-state index contributed by atoms with van der Waals surface area (Å²) in [5, 5.41) is 3.94. The second-order valence-corrected chi connectivity index (χ2v) is 8.79. The summed E-state index contributed by atoms with van der Waals surface area (Å²) in [4.78, 5) is 21.3. The number of hydrogen-bond donors (Lipinski definition) is 1. The van der Waals surface area contributed by atoms with Gasteiger partial charge in [-0.2, -0.15) is 13.2 Å². The monoisotopic (exact) mass is 507 g/mol. The Morgan fingerprint density at radius 2 is 1.85 bits per heavy atom. The number of carbonyl (C=O) groups excluding carboxylic acids is 1. The molecule has 2 heterocycles. The lowest BCUT2D eigenvalue weighted by Crippen LogP contribution is -2.42. The van der Waals surface area contributed by atoms with E-state index in [1.165, 1.54) is 18.2 Å². The van der Waals surface area contributed by atoms with E-state index in [0.29, 0.717) is 22.4 Å². The third-order valence-corrected chi connectivity index (χ3v) is 6.21. The van der Waals surface area contributed by atoms with Gasteiger partial charge < -0.3 is 10.6 Å². The average Bonchev–Trinajstić information content (AvgIpc) is 3.22. The van der Waals surface area contributed by atoms with Gasteiger partial charge in [0.15, 0.2) is 0 Å². The van der Waals surface area contributed by atoms with Crippen LogP contribution in [-0.4, -0.2) is 22.8 Å². The Morgan fingerprint density at radius 3 is 2.44 bits per heavy atom. The molecule has 4 rings (SSSR count). The molecule has 0 saturated heterocycles.